The SMILES string of the molecule is CCNCc1cccc2c1ccn2CCCCOC. The van der Waals surface area contributed by atoms with Crippen molar-refractivity contribution in [1.29, 1.82) is 0 Å². The van der Waals surface area contributed by atoms with Gasteiger partial charge in [-0.25, -0.2) is 0 Å². The summed E-state index contributed by atoms with van der Waals surface area (Å²) in [6, 6.07) is 8.81. The standard InChI is InChI=1S/C16H24N2O/c1-3-17-13-14-7-6-8-16-15(14)9-11-18(16)10-4-5-12-19-2/h6-9,11,17H,3-5,10,12-13H2,1-2H3. The van der Waals surface area contributed by atoms with Gasteiger partial charge in [0.1, 0.15) is 0 Å². The maximum atomic E-state index is 5.09. The molecule has 0 fully saturated rings. The van der Waals surface area contributed by atoms with Crippen molar-refractivity contribution < 1.29 is 4.74 Å². The third-order valence-electron chi connectivity index (χ3n) is 3.47. The van der Waals surface area contributed by atoms with Crippen LogP contribution in [0.1, 0.15) is 25.3 Å². The summed E-state index contributed by atoms with van der Waals surface area (Å²) in [5.74, 6) is 0. The molecule has 0 saturated heterocycles. The van der Waals surface area contributed by atoms with E-state index in [-0.39, 0.29) is 0 Å². The Labute approximate surface area is 115 Å². The van der Waals surface area contributed by atoms with Crippen LogP contribution in [0, 0.1) is 0 Å². The van der Waals surface area contributed by atoms with Crippen molar-refractivity contribution in [3.63, 3.8) is 0 Å². The van der Waals surface area contributed by atoms with Crippen LogP contribution in [0.4, 0.5) is 0 Å². The van der Waals surface area contributed by atoms with Crippen LogP contribution in [0.2, 0.25) is 0 Å². The Bertz CT molecular complexity index is 504. The normalized spacial score (nSPS) is 11.3. The van der Waals surface area contributed by atoms with E-state index < -0.39 is 0 Å². The topological polar surface area (TPSA) is 26.2 Å². The van der Waals surface area contributed by atoms with Crippen LogP contribution in [0.5, 0.6) is 0 Å². The molecule has 0 amide bonds. The second-order valence-electron chi connectivity index (χ2n) is 4.84. The first-order valence-electron chi connectivity index (χ1n) is 7.13. The van der Waals surface area contributed by atoms with E-state index in [4.69, 9.17) is 4.74 Å². The summed E-state index contributed by atoms with van der Waals surface area (Å²) >= 11 is 0. The number of hydrogen-bond acceptors (Lipinski definition) is 2. The van der Waals surface area contributed by atoms with Gasteiger partial charge in [-0.05, 0) is 37.1 Å². The molecule has 3 nitrogen and oxygen atoms in total. The molecule has 0 saturated carbocycles. The van der Waals surface area contributed by atoms with Gasteiger partial charge in [0.15, 0.2) is 0 Å². The van der Waals surface area contributed by atoms with Crippen molar-refractivity contribution in [2.24, 2.45) is 0 Å². The highest BCUT2D eigenvalue weighted by atomic mass is 16.5. The Morgan fingerprint density at radius 3 is 2.89 bits per heavy atom. The molecule has 3 heteroatoms. The molecule has 104 valence electrons. The van der Waals surface area contributed by atoms with Crippen molar-refractivity contribution in [3.8, 4) is 0 Å². The fourth-order valence-corrected chi connectivity index (χ4v) is 2.42. The zero-order chi connectivity index (χ0) is 13.5. The monoisotopic (exact) mass is 260 g/mol. The van der Waals surface area contributed by atoms with Crippen molar-refractivity contribution in [2.45, 2.75) is 32.9 Å². The molecule has 1 aromatic heterocycles. The number of benzene rings is 1. The number of fused-ring (bicyclic) bond motifs is 1. The summed E-state index contributed by atoms with van der Waals surface area (Å²) in [5, 5.41) is 4.77. The lowest BCUT2D eigenvalue weighted by Crippen LogP contribution is -2.11. The summed E-state index contributed by atoms with van der Waals surface area (Å²) < 4.78 is 7.44. The quantitative estimate of drug-likeness (QED) is 0.738. The van der Waals surface area contributed by atoms with Gasteiger partial charge in [-0.1, -0.05) is 19.1 Å². The fourth-order valence-electron chi connectivity index (χ4n) is 2.42. The maximum Gasteiger partial charge on any atom is 0.0483 e. The van der Waals surface area contributed by atoms with E-state index in [1.54, 1.807) is 7.11 Å². The van der Waals surface area contributed by atoms with Crippen LogP contribution in [-0.4, -0.2) is 24.8 Å². The molecule has 0 spiro atoms. The number of unbranched alkanes of at least 4 members (excludes halogenated alkanes) is 1. The molecule has 2 rings (SSSR count). The van der Waals surface area contributed by atoms with Crippen molar-refractivity contribution in [2.75, 3.05) is 20.3 Å². The Morgan fingerprint density at radius 1 is 1.21 bits per heavy atom. The maximum absolute atomic E-state index is 5.09. The van der Waals surface area contributed by atoms with Gasteiger partial charge in [-0.15, -0.1) is 0 Å². The number of hydrogen-bond donors (Lipinski definition) is 1. The molecule has 0 aliphatic heterocycles. The van der Waals surface area contributed by atoms with Gasteiger partial charge in [0.2, 0.25) is 0 Å². The van der Waals surface area contributed by atoms with Gasteiger partial charge in [0, 0.05) is 43.9 Å². The molecular weight excluding hydrogens is 236 g/mol. The molecule has 0 atom stereocenters. The summed E-state index contributed by atoms with van der Waals surface area (Å²) in [5.41, 5.74) is 2.72. The molecule has 1 heterocycles. The Kier molecular flexibility index (Phi) is 5.43. The number of nitrogens with zero attached hydrogens (tertiary/aromatic N) is 1. The smallest absolute Gasteiger partial charge is 0.0483 e. The lowest BCUT2D eigenvalue weighted by atomic mass is 10.1. The minimum atomic E-state index is 0.852. The number of methoxy groups -OCH3 is 1. The largest absolute Gasteiger partial charge is 0.385 e. The van der Waals surface area contributed by atoms with Crippen molar-refractivity contribution in [1.82, 2.24) is 9.88 Å². The average Bonchev–Trinajstić information content (AvgIpc) is 2.85. The van der Waals surface area contributed by atoms with Crippen LogP contribution in [0.15, 0.2) is 30.5 Å². The van der Waals surface area contributed by atoms with Gasteiger partial charge in [-0.3, -0.25) is 0 Å². The molecule has 0 aliphatic rings. The Morgan fingerprint density at radius 2 is 2.11 bits per heavy atom. The Balaban J connectivity index is 2.09. The average molecular weight is 260 g/mol. The fraction of sp³-hybridized carbons (Fsp3) is 0.500. The van der Waals surface area contributed by atoms with E-state index in [0.29, 0.717) is 0 Å². The number of aryl methyl sites for hydroxylation is 1. The van der Waals surface area contributed by atoms with E-state index in [2.05, 4.69) is 47.3 Å². The minimum absolute atomic E-state index is 0.852. The van der Waals surface area contributed by atoms with E-state index in [0.717, 1.165) is 39.1 Å². The van der Waals surface area contributed by atoms with Crippen LogP contribution in [0.25, 0.3) is 10.9 Å². The summed E-state index contributed by atoms with van der Waals surface area (Å²) in [4.78, 5) is 0. The minimum Gasteiger partial charge on any atom is -0.385 e. The van der Waals surface area contributed by atoms with E-state index in [1.807, 2.05) is 0 Å². The highest BCUT2D eigenvalue weighted by Crippen LogP contribution is 2.20. The summed E-state index contributed by atoms with van der Waals surface area (Å²) in [6.07, 6.45) is 4.48. The zero-order valence-corrected chi connectivity index (χ0v) is 12.0. The second-order valence-corrected chi connectivity index (χ2v) is 4.84. The lowest BCUT2D eigenvalue weighted by Gasteiger charge is -2.07. The molecule has 1 aromatic carbocycles. The lowest BCUT2D eigenvalue weighted by molar-refractivity contribution is 0.191. The first-order valence-corrected chi connectivity index (χ1v) is 7.13. The molecule has 19 heavy (non-hydrogen) atoms. The summed E-state index contributed by atoms with van der Waals surface area (Å²) in [6.45, 7) is 6.01. The van der Waals surface area contributed by atoms with Gasteiger partial charge in [0.05, 0.1) is 0 Å². The van der Waals surface area contributed by atoms with Crippen LogP contribution in [-0.2, 0) is 17.8 Å². The molecule has 0 unspecified atom stereocenters. The number of ether oxygens (including phenoxy) is 1. The Hall–Kier alpha value is -1.32. The van der Waals surface area contributed by atoms with Gasteiger partial charge < -0.3 is 14.6 Å². The third-order valence-corrected chi connectivity index (χ3v) is 3.47. The van der Waals surface area contributed by atoms with E-state index in [1.165, 1.54) is 16.5 Å². The number of rotatable bonds is 8. The van der Waals surface area contributed by atoms with Crippen molar-refractivity contribution >= 4 is 10.9 Å². The van der Waals surface area contributed by atoms with Gasteiger partial charge >= 0.3 is 0 Å². The predicted molar refractivity (Wildman–Crippen MR) is 80.4 cm³/mol. The van der Waals surface area contributed by atoms with Crippen LogP contribution < -0.4 is 5.32 Å². The first kappa shape index (κ1) is 14.1. The van der Waals surface area contributed by atoms with E-state index in [9.17, 15) is 0 Å². The highest BCUT2D eigenvalue weighted by molar-refractivity contribution is 5.83. The first-order chi connectivity index (χ1) is 9.36. The molecule has 1 N–H and O–H groups in total. The second kappa shape index (κ2) is 7.31. The molecule has 2 aromatic rings. The number of nitrogens with one attached hydrogen (secondary N) is 1. The van der Waals surface area contributed by atoms with Crippen molar-refractivity contribution in [3.05, 3.63) is 36.0 Å². The summed E-state index contributed by atoms with van der Waals surface area (Å²) in [7, 11) is 1.76. The predicted octanol–water partition coefficient (Wildman–Crippen LogP) is 3.18. The molecule has 0 aliphatic carbocycles. The zero-order valence-electron chi connectivity index (χ0n) is 12.0. The van der Waals surface area contributed by atoms with E-state index >= 15 is 0 Å². The molecular formula is C16H24N2O. The number of aromatic nitrogens is 1. The third kappa shape index (κ3) is 3.58. The van der Waals surface area contributed by atoms with Crippen LogP contribution >= 0.6 is 0 Å². The van der Waals surface area contributed by atoms with Crippen LogP contribution in [0.3, 0.4) is 0 Å². The molecule has 0 radical (unpaired) electrons. The molecule has 0 bridgehead atoms. The van der Waals surface area contributed by atoms with Gasteiger partial charge in [-0.2, -0.15) is 0 Å². The van der Waals surface area contributed by atoms with Gasteiger partial charge in [0.25, 0.3) is 0 Å². The highest BCUT2D eigenvalue weighted by Gasteiger charge is 2.04.